The molecule has 178 valence electrons. The minimum atomic E-state index is -0.207. The minimum Gasteiger partial charge on any atom is -0.489 e. The van der Waals surface area contributed by atoms with Gasteiger partial charge in [-0.3, -0.25) is 4.79 Å². The minimum absolute atomic E-state index is 0.207. The van der Waals surface area contributed by atoms with Crippen molar-refractivity contribution in [2.24, 2.45) is 5.16 Å². The van der Waals surface area contributed by atoms with Crippen LogP contribution in [0.4, 0.5) is 0 Å². The third kappa shape index (κ3) is 8.05. The van der Waals surface area contributed by atoms with Crippen molar-refractivity contribution >= 4 is 11.7 Å². The van der Waals surface area contributed by atoms with E-state index in [2.05, 4.69) is 16.1 Å². The van der Waals surface area contributed by atoms with E-state index in [1.54, 1.807) is 0 Å². The third-order valence-electron chi connectivity index (χ3n) is 5.21. The Morgan fingerprint density at radius 3 is 2.32 bits per heavy atom. The maximum atomic E-state index is 11.3. The first-order chi connectivity index (χ1) is 16.5. The third-order valence-corrected chi connectivity index (χ3v) is 5.21. The van der Waals surface area contributed by atoms with Crippen LogP contribution in [0, 0.1) is 0 Å². The number of esters is 1. The first-order valence-electron chi connectivity index (χ1n) is 11.3. The van der Waals surface area contributed by atoms with E-state index in [1.165, 1.54) is 7.11 Å². The predicted octanol–water partition coefficient (Wildman–Crippen LogP) is 4.70. The van der Waals surface area contributed by atoms with Gasteiger partial charge in [0.25, 0.3) is 0 Å². The van der Waals surface area contributed by atoms with E-state index in [1.807, 2.05) is 86.9 Å². The molecule has 6 heteroatoms. The molecule has 0 saturated heterocycles. The molecule has 0 aromatic heterocycles. The fourth-order valence-electron chi connectivity index (χ4n) is 3.28. The molecule has 0 bridgehead atoms. The van der Waals surface area contributed by atoms with E-state index in [0.717, 1.165) is 40.3 Å². The van der Waals surface area contributed by atoms with Crippen LogP contribution in [-0.4, -0.2) is 50.9 Å². The molecule has 0 unspecified atom stereocenters. The molecule has 3 aromatic carbocycles. The van der Waals surface area contributed by atoms with Crippen molar-refractivity contribution in [1.29, 1.82) is 0 Å². The molecule has 0 fully saturated rings. The maximum Gasteiger partial charge on any atom is 0.305 e. The molecule has 3 aromatic rings. The Morgan fingerprint density at radius 1 is 0.882 bits per heavy atom. The first kappa shape index (κ1) is 25.0. The molecule has 0 radical (unpaired) electrons. The summed E-state index contributed by atoms with van der Waals surface area (Å²) in [4.78, 5) is 19.0. The van der Waals surface area contributed by atoms with Crippen molar-refractivity contribution < 1.29 is 19.1 Å². The second-order valence-electron chi connectivity index (χ2n) is 8.15. The number of nitrogens with zero attached hydrogens (tertiary/aromatic N) is 2. The average molecular weight is 461 g/mol. The summed E-state index contributed by atoms with van der Waals surface area (Å²) in [6.07, 6.45) is 1.01. The van der Waals surface area contributed by atoms with Crippen LogP contribution in [0.15, 0.2) is 84.0 Å². The number of likely N-dealkylation sites (N-methyl/N-ethyl adjacent to an activating group) is 1. The fourth-order valence-corrected chi connectivity index (χ4v) is 3.28. The van der Waals surface area contributed by atoms with Crippen molar-refractivity contribution in [2.75, 3.05) is 34.4 Å². The van der Waals surface area contributed by atoms with Gasteiger partial charge in [-0.15, -0.1) is 0 Å². The standard InChI is InChI=1S/C28H32N2O4/c1-30(2)18-19-34-29-28(24-9-5-4-6-10-24)25-11-7-8-23(20-25)21-33-26-15-12-22(13-16-26)14-17-27(31)32-3/h4-13,15-16,20H,14,17-19,21H2,1-3H3/b29-28-. The number of aryl methyl sites for hydroxylation is 1. The van der Waals surface area contributed by atoms with Gasteiger partial charge >= 0.3 is 5.97 Å². The number of benzene rings is 3. The van der Waals surface area contributed by atoms with Crippen molar-refractivity contribution in [3.05, 3.63) is 101 Å². The van der Waals surface area contributed by atoms with Crippen molar-refractivity contribution in [3.8, 4) is 5.75 Å². The van der Waals surface area contributed by atoms with Gasteiger partial charge < -0.3 is 19.2 Å². The molecule has 0 N–H and O–H groups in total. The monoisotopic (exact) mass is 460 g/mol. The fraction of sp³-hybridized carbons (Fsp3) is 0.286. The number of hydrogen-bond acceptors (Lipinski definition) is 6. The van der Waals surface area contributed by atoms with Gasteiger partial charge in [0.2, 0.25) is 0 Å². The Bertz CT molecular complexity index is 1060. The molecule has 0 aliphatic rings. The smallest absolute Gasteiger partial charge is 0.305 e. The highest BCUT2D eigenvalue weighted by Crippen LogP contribution is 2.18. The highest BCUT2D eigenvalue weighted by atomic mass is 16.6. The molecule has 6 nitrogen and oxygen atoms in total. The van der Waals surface area contributed by atoms with Gasteiger partial charge in [0.05, 0.1) is 7.11 Å². The van der Waals surface area contributed by atoms with Crippen molar-refractivity contribution in [3.63, 3.8) is 0 Å². The number of rotatable bonds is 12. The van der Waals surface area contributed by atoms with E-state index in [0.29, 0.717) is 26.1 Å². The van der Waals surface area contributed by atoms with Gasteiger partial charge in [0, 0.05) is 24.1 Å². The summed E-state index contributed by atoms with van der Waals surface area (Å²) in [5.74, 6) is 0.568. The lowest BCUT2D eigenvalue weighted by atomic mass is 10.0. The summed E-state index contributed by atoms with van der Waals surface area (Å²) in [6.45, 7) is 1.74. The Morgan fingerprint density at radius 2 is 1.62 bits per heavy atom. The first-order valence-corrected chi connectivity index (χ1v) is 11.3. The zero-order valence-corrected chi connectivity index (χ0v) is 20.1. The Labute approximate surface area is 201 Å². The van der Waals surface area contributed by atoms with Crippen LogP contribution in [0.5, 0.6) is 5.75 Å². The van der Waals surface area contributed by atoms with E-state index in [9.17, 15) is 4.79 Å². The molecule has 0 amide bonds. The molecule has 0 heterocycles. The topological polar surface area (TPSA) is 60.4 Å². The van der Waals surface area contributed by atoms with Gasteiger partial charge in [0.1, 0.15) is 24.7 Å². The van der Waals surface area contributed by atoms with Crippen LogP contribution >= 0.6 is 0 Å². The number of oxime groups is 1. The lowest BCUT2D eigenvalue weighted by Crippen LogP contribution is -2.17. The molecule has 0 saturated carbocycles. The van der Waals surface area contributed by atoms with Gasteiger partial charge in [-0.05, 0) is 49.8 Å². The number of ether oxygens (including phenoxy) is 2. The van der Waals surface area contributed by atoms with Crippen LogP contribution in [0.3, 0.4) is 0 Å². The van der Waals surface area contributed by atoms with Crippen LogP contribution in [-0.2, 0) is 27.4 Å². The number of hydrogen-bond donors (Lipinski definition) is 0. The zero-order valence-electron chi connectivity index (χ0n) is 20.1. The average Bonchev–Trinajstić information content (AvgIpc) is 2.87. The molecule has 0 atom stereocenters. The summed E-state index contributed by atoms with van der Waals surface area (Å²) < 4.78 is 10.7. The van der Waals surface area contributed by atoms with Gasteiger partial charge in [-0.1, -0.05) is 65.8 Å². The van der Waals surface area contributed by atoms with Crippen LogP contribution in [0.1, 0.15) is 28.7 Å². The Kier molecular flexibility index (Phi) is 9.67. The van der Waals surface area contributed by atoms with Crippen LogP contribution < -0.4 is 4.74 Å². The summed E-state index contributed by atoms with van der Waals surface area (Å²) in [7, 11) is 5.41. The van der Waals surface area contributed by atoms with Crippen LogP contribution in [0.2, 0.25) is 0 Å². The number of methoxy groups -OCH3 is 1. The lowest BCUT2D eigenvalue weighted by Gasteiger charge is -2.12. The Hall–Kier alpha value is -3.64. The normalized spacial score (nSPS) is 11.4. The predicted molar refractivity (Wildman–Crippen MR) is 134 cm³/mol. The molecule has 0 spiro atoms. The van der Waals surface area contributed by atoms with Gasteiger partial charge in [0.15, 0.2) is 0 Å². The van der Waals surface area contributed by atoms with Crippen molar-refractivity contribution in [1.82, 2.24) is 4.90 Å². The summed E-state index contributed by atoms with van der Waals surface area (Å²) in [5, 5.41) is 4.46. The van der Waals surface area contributed by atoms with Crippen LogP contribution in [0.25, 0.3) is 0 Å². The molecule has 0 aliphatic heterocycles. The van der Waals surface area contributed by atoms with E-state index < -0.39 is 0 Å². The SMILES string of the molecule is COC(=O)CCc1ccc(OCc2cccc(/C(=N\OCCN(C)C)c3ccccc3)c2)cc1. The van der Waals surface area contributed by atoms with E-state index in [-0.39, 0.29) is 5.97 Å². The second kappa shape index (κ2) is 13.2. The highest BCUT2D eigenvalue weighted by Gasteiger charge is 2.09. The lowest BCUT2D eigenvalue weighted by molar-refractivity contribution is -0.140. The van der Waals surface area contributed by atoms with Crippen molar-refractivity contribution in [2.45, 2.75) is 19.4 Å². The molecule has 0 aliphatic carbocycles. The molecule has 3 rings (SSSR count). The Balaban J connectivity index is 1.67. The summed E-state index contributed by atoms with van der Waals surface area (Å²) in [5.41, 5.74) is 4.85. The summed E-state index contributed by atoms with van der Waals surface area (Å²) >= 11 is 0. The van der Waals surface area contributed by atoms with Gasteiger partial charge in [-0.2, -0.15) is 0 Å². The molecule has 34 heavy (non-hydrogen) atoms. The molecular formula is C28H32N2O4. The van der Waals surface area contributed by atoms with Gasteiger partial charge in [-0.25, -0.2) is 0 Å². The van der Waals surface area contributed by atoms with E-state index >= 15 is 0 Å². The number of carbonyl (C=O) groups is 1. The number of carbonyl (C=O) groups excluding carboxylic acids is 1. The second-order valence-corrected chi connectivity index (χ2v) is 8.15. The largest absolute Gasteiger partial charge is 0.489 e. The zero-order chi connectivity index (χ0) is 24.2. The molecular weight excluding hydrogens is 428 g/mol. The van der Waals surface area contributed by atoms with E-state index in [4.69, 9.17) is 14.3 Å². The highest BCUT2D eigenvalue weighted by molar-refractivity contribution is 6.12. The maximum absolute atomic E-state index is 11.3. The summed E-state index contributed by atoms with van der Waals surface area (Å²) in [6, 6.07) is 26.0. The quantitative estimate of drug-likeness (QED) is 0.170.